The molecule has 0 fully saturated rings. The molecule has 1 aliphatic carbocycles. The summed E-state index contributed by atoms with van der Waals surface area (Å²) in [5, 5.41) is 10.1. The van der Waals surface area contributed by atoms with Crippen LogP contribution in [0.5, 0.6) is 5.75 Å². The van der Waals surface area contributed by atoms with Crippen molar-refractivity contribution in [3.05, 3.63) is 51.6 Å². The lowest BCUT2D eigenvalue weighted by Gasteiger charge is -2.21. The number of fused-ring (bicyclic) bond motifs is 1. The van der Waals surface area contributed by atoms with Crippen molar-refractivity contribution in [2.75, 3.05) is 0 Å². The minimum absolute atomic E-state index is 0.0618. The number of carbonyl (C=O) groups excluding carboxylic acids is 3. The average Bonchev–Trinajstić information content (AvgIpc) is 2.43. The summed E-state index contributed by atoms with van der Waals surface area (Å²) < 4.78 is 0. The zero-order valence-corrected chi connectivity index (χ0v) is 12.4. The molecule has 4 heteroatoms. The van der Waals surface area contributed by atoms with Crippen LogP contribution in [0.3, 0.4) is 0 Å². The van der Waals surface area contributed by atoms with E-state index in [-0.39, 0.29) is 45.4 Å². The van der Waals surface area contributed by atoms with Gasteiger partial charge in [0.1, 0.15) is 5.75 Å². The molecule has 0 atom stereocenters. The molecule has 2 rings (SSSR count). The van der Waals surface area contributed by atoms with Crippen LogP contribution in [0.15, 0.2) is 29.4 Å². The van der Waals surface area contributed by atoms with E-state index in [0.717, 1.165) is 0 Å². The van der Waals surface area contributed by atoms with Gasteiger partial charge in [-0.05, 0) is 33.8 Å². The van der Waals surface area contributed by atoms with E-state index >= 15 is 0 Å². The van der Waals surface area contributed by atoms with Crippen molar-refractivity contribution in [1.82, 2.24) is 0 Å². The Morgan fingerprint density at radius 1 is 1.19 bits per heavy atom. The first-order chi connectivity index (χ1) is 9.81. The maximum absolute atomic E-state index is 12.5. The van der Waals surface area contributed by atoms with E-state index in [2.05, 4.69) is 0 Å². The van der Waals surface area contributed by atoms with Gasteiger partial charge < -0.3 is 5.11 Å². The summed E-state index contributed by atoms with van der Waals surface area (Å²) in [7, 11) is 0. The molecule has 0 bridgehead atoms. The van der Waals surface area contributed by atoms with Gasteiger partial charge in [-0.2, -0.15) is 0 Å². The minimum Gasteiger partial charge on any atom is -0.507 e. The van der Waals surface area contributed by atoms with Crippen molar-refractivity contribution in [2.24, 2.45) is 0 Å². The smallest absolute Gasteiger partial charge is 0.194 e. The monoisotopic (exact) mass is 284 g/mol. The molecule has 1 aromatic carbocycles. The molecule has 0 spiro atoms. The second kappa shape index (κ2) is 5.13. The second-order valence-corrected chi connectivity index (χ2v) is 5.07. The van der Waals surface area contributed by atoms with E-state index in [0.29, 0.717) is 11.1 Å². The minimum atomic E-state index is -0.350. The van der Waals surface area contributed by atoms with Crippen molar-refractivity contribution < 1.29 is 19.5 Å². The third kappa shape index (κ3) is 2.13. The highest BCUT2D eigenvalue weighted by molar-refractivity contribution is 6.29. The Balaban J connectivity index is 2.84. The van der Waals surface area contributed by atoms with Crippen LogP contribution in [-0.2, 0) is 0 Å². The molecule has 21 heavy (non-hydrogen) atoms. The number of ketones is 3. The first-order valence-corrected chi connectivity index (χ1v) is 6.61. The molecular formula is C17H16O4. The number of rotatable bonds is 2. The molecule has 1 aliphatic rings. The standard InChI is InChI=1S/C17H16O4/c1-5-6-11-8(2)16(20)14-9(3)15(19)12(10(4)18)7-13(14)17(11)21/h5-7,19H,1-4H3/b6-5+. The molecular weight excluding hydrogens is 268 g/mol. The predicted molar refractivity (Wildman–Crippen MR) is 79.0 cm³/mol. The first kappa shape index (κ1) is 14.9. The fraction of sp³-hybridized carbons (Fsp3) is 0.235. The molecule has 0 saturated carbocycles. The maximum atomic E-state index is 12.5. The van der Waals surface area contributed by atoms with Crippen LogP contribution in [-0.4, -0.2) is 22.5 Å². The van der Waals surface area contributed by atoms with Crippen molar-refractivity contribution in [3.63, 3.8) is 0 Å². The lowest BCUT2D eigenvalue weighted by atomic mass is 9.80. The fourth-order valence-corrected chi connectivity index (χ4v) is 2.54. The topological polar surface area (TPSA) is 71.4 Å². The number of phenols is 1. The normalized spacial score (nSPS) is 14.9. The highest BCUT2D eigenvalue weighted by Crippen LogP contribution is 2.35. The van der Waals surface area contributed by atoms with Gasteiger partial charge in [-0.3, -0.25) is 14.4 Å². The Morgan fingerprint density at radius 3 is 2.33 bits per heavy atom. The summed E-state index contributed by atoms with van der Waals surface area (Å²) >= 11 is 0. The summed E-state index contributed by atoms with van der Waals surface area (Å²) in [5.41, 5.74) is 1.38. The van der Waals surface area contributed by atoms with Gasteiger partial charge in [0, 0.05) is 27.8 Å². The summed E-state index contributed by atoms with van der Waals surface area (Å²) in [4.78, 5) is 36.6. The van der Waals surface area contributed by atoms with Crippen LogP contribution in [0.4, 0.5) is 0 Å². The highest BCUT2D eigenvalue weighted by Gasteiger charge is 2.32. The summed E-state index contributed by atoms with van der Waals surface area (Å²) in [6.07, 6.45) is 3.28. The van der Waals surface area contributed by atoms with Gasteiger partial charge in [0.25, 0.3) is 0 Å². The number of allylic oxidation sites excluding steroid dienone is 4. The zero-order valence-electron chi connectivity index (χ0n) is 12.4. The summed E-state index contributed by atoms with van der Waals surface area (Å²) in [6.45, 7) is 6.20. The van der Waals surface area contributed by atoms with Crippen molar-refractivity contribution in [2.45, 2.75) is 27.7 Å². The second-order valence-electron chi connectivity index (χ2n) is 5.07. The molecule has 4 nitrogen and oxygen atoms in total. The van der Waals surface area contributed by atoms with Gasteiger partial charge in [0.05, 0.1) is 5.56 Å². The lowest BCUT2D eigenvalue weighted by molar-refractivity contribution is 0.0975. The van der Waals surface area contributed by atoms with Gasteiger partial charge >= 0.3 is 0 Å². The summed E-state index contributed by atoms with van der Waals surface area (Å²) in [5.74, 6) is -1.17. The fourth-order valence-electron chi connectivity index (χ4n) is 2.54. The molecule has 0 aromatic heterocycles. The number of benzene rings is 1. The molecule has 1 N–H and O–H groups in total. The van der Waals surface area contributed by atoms with Crippen molar-refractivity contribution >= 4 is 17.3 Å². The first-order valence-electron chi connectivity index (χ1n) is 6.61. The third-order valence-electron chi connectivity index (χ3n) is 3.72. The lowest BCUT2D eigenvalue weighted by Crippen LogP contribution is -2.22. The Morgan fingerprint density at radius 2 is 1.81 bits per heavy atom. The van der Waals surface area contributed by atoms with Crippen LogP contribution in [0.25, 0.3) is 0 Å². The van der Waals surface area contributed by atoms with Crippen LogP contribution in [0, 0.1) is 6.92 Å². The van der Waals surface area contributed by atoms with Crippen LogP contribution in [0.1, 0.15) is 57.4 Å². The molecule has 108 valence electrons. The van der Waals surface area contributed by atoms with Gasteiger partial charge in [-0.1, -0.05) is 12.2 Å². The van der Waals surface area contributed by atoms with Crippen molar-refractivity contribution in [1.29, 1.82) is 0 Å². The average molecular weight is 284 g/mol. The van der Waals surface area contributed by atoms with E-state index in [1.165, 1.54) is 13.0 Å². The number of aromatic hydroxyl groups is 1. The van der Waals surface area contributed by atoms with E-state index in [1.54, 1.807) is 32.9 Å². The molecule has 0 amide bonds. The number of phenolic OH excluding ortho intramolecular Hbond substituents is 1. The Hall–Kier alpha value is -2.49. The maximum Gasteiger partial charge on any atom is 0.194 e. The summed E-state index contributed by atoms with van der Waals surface area (Å²) in [6, 6.07) is 1.32. The van der Waals surface area contributed by atoms with Crippen molar-refractivity contribution in [3.8, 4) is 5.75 Å². The number of Topliss-reactive ketones (excluding diaryl/α,β-unsaturated/α-hetero) is 3. The van der Waals surface area contributed by atoms with E-state index in [9.17, 15) is 19.5 Å². The quantitative estimate of drug-likeness (QED) is 0.847. The Labute approximate surface area is 122 Å². The number of hydrogen-bond donors (Lipinski definition) is 1. The molecule has 0 saturated heterocycles. The number of carbonyl (C=O) groups is 3. The highest BCUT2D eigenvalue weighted by atomic mass is 16.3. The van der Waals surface area contributed by atoms with Gasteiger partial charge in [-0.25, -0.2) is 0 Å². The number of hydrogen-bond acceptors (Lipinski definition) is 4. The molecule has 1 aromatic rings. The van der Waals surface area contributed by atoms with Gasteiger partial charge in [0.2, 0.25) is 0 Å². The Kier molecular flexibility index (Phi) is 3.64. The molecule has 0 radical (unpaired) electrons. The molecule has 0 unspecified atom stereocenters. The third-order valence-corrected chi connectivity index (χ3v) is 3.72. The molecule has 0 aliphatic heterocycles. The van der Waals surface area contributed by atoms with Gasteiger partial charge in [-0.15, -0.1) is 0 Å². The Bertz CT molecular complexity index is 749. The van der Waals surface area contributed by atoms with E-state index in [4.69, 9.17) is 0 Å². The van der Waals surface area contributed by atoms with Crippen LogP contribution < -0.4 is 0 Å². The van der Waals surface area contributed by atoms with Crippen LogP contribution in [0.2, 0.25) is 0 Å². The van der Waals surface area contributed by atoms with E-state index in [1.807, 2.05) is 0 Å². The van der Waals surface area contributed by atoms with Crippen LogP contribution >= 0.6 is 0 Å². The molecule has 0 heterocycles. The van der Waals surface area contributed by atoms with E-state index < -0.39 is 0 Å². The van der Waals surface area contributed by atoms with Gasteiger partial charge in [0.15, 0.2) is 17.3 Å². The zero-order chi connectivity index (χ0) is 15.9. The SMILES string of the molecule is C/C=C/C1=C(C)C(=O)c2c(cc(C(C)=O)c(O)c2C)C1=O. The largest absolute Gasteiger partial charge is 0.507 e. The predicted octanol–water partition coefficient (Wildman–Crippen LogP) is 3.17.